The number of nitrogens with zero attached hydrogens (tertiary/aromatic N) is 2. The molecule has 5 atom stereocenters. The molecule has 32 heavy (non-hydrogen) atoms. The summed E-state index contributed by atoms with van der Waals surface area (Å²) < 4.78 is 13.9. The number of pyridine rings is 1. The first-order chi connectivity index (χ1) is 15.5. The van der Waals surface area contributed by atoms with Crippen LogP contribution in [0.25, 0.3) is 10.9 Å². The summed E-state index contributed by atoms with van der Waals surface area (Å²) in [6.07, 6.45) is 4.94. The Kier molecular flexibility index (Phi) is 5.39. The van der Waals surface area contributed by atoms with Gasteiger partial charge in [0.25, 0.3) is 0 Å². The monoisotopic (exact) mass is 431 g/mol. The molecule has 4 nitrogen and oxygen atoms in total. The molecular formula is C27H28FN2O2+. The highest BCUT2D eigenvalue weighted by Gasteiger charge is 2.54. The van der Waals surface area contributed by atoms with E-state index in [-0.39, 0.29) is 17.6 Å². The van der Waals surface area contributed by atoms with E-state index >= 15 is 0 Å². The summed E-state index contributed by atoms with van der Waals surface area (Å²) in [6.45, 7) is 5.99. The van der Waals surface area contributed by atoms with Gasteiger partial charge in [-0.3, -0.25) is 9.78 Å². The van der Waals surface area contributed by atoms with Gasteiger partial charge in [0.15, 0.2) is 0 Å². The smallest absolute Gasteiger partial charge is 0.216 e. The maximum absolute atomic E-state index is 13.4. The molecule has 1 N–H and O–H groups in total. The first-order valence-corrected chi connectivity index (χ1v) is 11.3. The van der Waals surface area contributed by atoms with Gasteiger partial charge >= 0.3 is 0 Å². The van der Waals surface area contributed by atoms with Crippen LogP contribution in [0.1, 0.15) is 34.9 Å². The molecule has 3 aliphatic heterocycles. The standard InChI is InChI=1S/C27H28FN2O2/c1-2-18-16-30(17-26(31)19-7-9-21(28)10-8-19)14-12-20(18)15-25(30)27(32)23-11-13-29-24-6-4-3-5-22(23)24/h2-11,13,18,20,25,27,32H,1,12,14-17H2/q+1/t18-,20-,25-,27+,30-/m0/s1. The van der Waals surface area contributed by atoms with Crippen molar-refractivity contribution in [2.75, 3.05) is 19.6 Å². The number of aliphatic hydroxyl groups excluding tert-OH is 1. The van der Waals surface area contributed by atoms with Crippen LogP contribution in [-0.4, -0.2) is 46.0 Å². The summed E-state index contributed by atoms with van der Waals surface area (Å²) in [5.41, 5.74) is 2.25. The van der Waals surface area contributed by atoms with Crippen molar-refractivity contribution in [1.29, 1.82) is 0 Å². The van der Waals surface area contributed by atoms with E-state index in [9.17, 15) is 14.3 Å². The number of carbonyl (C=O) groups is 1. The first-order valence-electron chi connectivity index (χ1n) is 11.3. The number of benzene rings is 2. The summed E-state index contributed by atoms with van der Waals surface area (Å²) in [5.74, 6) is 0.450. The third kappa shape index (κ3) is 3.55. The number of ketones is 1. The zero-order valence-electron chi connectivity index (χ0n) is 18.0. The van der Waals surface area contributed by atoms with Gasteiger partial charge in [-0.1, -0.05) is 24.3 Å². The summed E-state index contributed by atoms with van der Waals surface area (Å²) in [6, 6.07) is 15.5. The van der Waals surface area contributed by atoms with Crippen LogP contribution in [0, 0.1) is 17.7 Å². The normalized spacial score (nSPS) is 27.9. The van der Waals surface area contributed by atoms with Crippen LogP contribution < -0.4 is 0 Å². The Hall–Kier alpha value is -2.89. The summed E-state index contributed by atoms with van der Waals surface area (Å²) in [7, 11) is 0. The van der Waals surface area contributed by atoms with Gasteiger partial charge in [0.05, 0.1) is 18.6 Å². The van der Waals surface area contributed by atoms with Gasteiger partial charge in [0.1, 0.15) is 24.5 Å². The number of fused-ring (bicyclic) bond motifs is 4. The number of Topliss-reactive ketones (excluding diaryl/α,β-unsaturated/α-hetero) is 1. The highest BCUT2D eigenvalue weighted by Crippen LogP contribution is 2.47. The topological polar surface area (TPSA) is 50.2 Å². The molecule has 0 amide bonds. The van der Waals surface area contributed by atoms with Crippen molar-refractivity contribution in [1.82, 2.24) is 4.98 Å². The molecule has 3 aromatic rings. The van der Waals surface area contributed by atoms with E-state index in [1.54, 1.807) is 18.3 Å². The molecule has 0 unspecified atom stereocenters. The summed E-state index contributed by atoms with van der Waals surface area (Å²) in [5, 5.41) is 12.6. The molecular weight excluding hydrogens is 403 g/mol. The van der Waals surface area contributed by atoms with Crippen molar-refractivity contribution >= 4 is 16.7 Å². The van der Waals surface area contributed by atoms with Gasteiger partial charge in [-0.15, -0.1) is 6.58 Å². The second kappa shape index (κ2) is 8.23. The van der Waals surface area contributed by atoms with Gasteiger partial charge in [-0.25, -0.2) is 4.39 Å². The van der Waals surface area contributed by atoms with Crippen molar-refractivity contribution in [3.05, 3.63) is 90.4 Å². The number of para-hydroxylation sites is 1. The predicted molar refractivity (Wildman–Crippen MR) is 122 cm³/mol. The van der Waals surface area contributed by atoms with Crippen LogP contribution >= 0.6 is 0 Å². The third-order valence-electron chi connectivity index (χ3n) is 7.67. The van der Waals surface area contributed by atoms with Crippen molar-refractivity contribution in [3.63, 3.8) is 0 Å². The number of halogens is 1. The number of carbonyl (C=O) groups excluding carboxylic acids is 1. The minimum Gasteiger partial charge on any atom is -0.382 e. The second-order valence-electron chi connectivity index (χ2n) is 9.33. The Bertz CT molecular complexity index is 1160. The van der Waals surface area contributed by atoms with Crippen molar-refractivity contribution in [2.24, 2.45) is 11.8 Å². The van der Waals surface area contributed by atoms with Crippen LogP contribution in [0.5, 0.6) is 0 Å². The number of hydrogen-bond donors (Lipinski definition) is 1. The van der Waals surface area contributed by atoms with E-state index < -0.39 is 6.10 Å². The molecule has 2 aromatic carbocycles. The molecule has 3 saturated heterocycles. The number of rotatable bonds is 6. The van der Waals surface area contributed by atoms with Crippen LogP contribution in [0.2, 0.25) is 0 Å². The molecule has 1 aromatic heterocycles. The lowest BCUT2D eigenvalue weighted by atomic mass is 9.71. The predicted octanol–water partition coefficient (Wildman–Crippen LogP) is 4.70. The SMILES string of the molecule is C=C[C@H]1C[N@+]2(CC(=O)c3ccc(F)cc3)CC[C@H]1C[C@H]2[C@H](O)c1ccnc2ccccc12. The number of hydrogen-bond acceptors (Lipinski definition) is 3. The van der Waals surface area contributed by atoms with Gasteiger partial charge in [0.2, 0.25) is 5.78 Å². The molecule has 6 rings (SSSR count). The molecule has 0 radical (unpaired) electrons. The molecule has 3 fully saturated rings. The van der Waals surface area contributed by atoms with Gasteiger partial charge in [-0.05, 0) is 47.9 Å². The zero-order chi connectivity index (χ0) is 22.3. The quantitative estimate of drug-likeness (QED) is 0.350. The summed E-state index contributed by atoms with van der Waals surface area (Å²) in [4.78, 5) is 17.7. The number of aromatic nitrogens is 1. The lowest BCUT2D eigenvalue weighted by molar-refractivity contribution is -0.966. The Balaban J connectivity index is 1.52. The zero-order valence-corrected chi connectivity index (χ0v) is 18.0. The van der Waals surface area contributed by atoms with Gasteiger partial charge < -0.3 is 9.59 Å². The molecule has 164 valence electrons. The molecule has 0 spiro atoms. The van der Waals surface area contributed by atoms with E-state index in [1.165, 1.54) is 12.1 Å². The van der Waals surface area contributed by atoms with Crippen molar-refractivity contribution < 1.29 is 18.8 Å². The minimum atomic E-state index is -0.697. The third-order valence-corrected chi connectivity index (χ3v) is 7.67. The maximum Gasteiger partial charge on any atom is 0.216 e. The fourth-order valence-corrected chi connectivity index (χ4v) is 5.98. The largest absolute Gasteiger partial charge is 0.382 e. The number of aliphatic hydroxyl groups is 1. The molecule has 2 bridgehead atoms. The highest BCUT2D eigenvalue weighted by atomic mass is 19.1. The summed E-state index contributed by atoms with van der Waals surface area (Å²) >= 11 is 0. The van der Waals surface area contributed by atoms with E-state index in [0.717, 1.165) is 42.4 Å². The maximum atomic E-state index is 13.4. The van der Waals surface area contributed by atoms with E-state index in [1.807, 2.05) is 36.4 Å². The lowest BCUT2D eigenvalue weighted by Crippen LogP contribution is -2.69. The van der Waals surface area contributed by atoms with Crippen LogP contribution in [0.15, 0.2) is 73.4 Å². The highest BCUT2D eigenvalue weighted by molar-refractivity contribution is 5.97. The van der Waals surface area contributed by atoms with Crippen molar-refractivity contribution in [2.45, 2.75) is 25.0 Å². The number of piperidine rings is 3. The fourth-order valence-electron chi connectivity index (χ4n) is 5.98. The van der Waals surface area contributed by atoms with E-state index in [2.05, 4.69) is 11.6 Å². The van der Waals surface area contributed by atoms with E-state index in [0.29, 0.717) is 28.4 Å². The second-order valence-corrected chi connectivity index (χ2v) is 9.33. The Morgan fingerprint density at radius 3 is 2.78 bits per heavy atom. The molecule has 4 heterocycles. The average molecular weight is 432 g/mol. The Morgan fingerprint density at radius 2 is 2.00 bits per heavy atom. The van der Waals surface area contributed by atoms with Gasteiger partial charge in [-0.2, -0.15) is 0 Å². The van der Waals surface area contributed by atoms with E-state index in [4.69, 9.17) is 0 Å². The first kappa shape index (κ1) is 21.0. The van der Waals surface area contributed by atoms with Crippen molar-refractivity contribution in [3.8, 4) is 0 Å². The van der Waals surface area contributed by atoms with Crippen LogP contribution in [-0.2, 0) is 0 Å². The minimum absolute atomic E-state index is 0.00931. The average Bonchev–Trinajstić information content (AvgIpc) is 2.83. The van der Waals surface area contributed by atoms with Crippen LogP contribution in [0.3, 0.4) is 0 Å². The lowest BCUT2D eigenvalue weighted by Gasteiger charge is -2.57. The van der Waals surface area contributed by atoms with Gasteiger partial charge in [0, 0.05) is 35.9 Å². The molecule has 3 aliphatic rings. The Labute approximate surface area is 187 Å². The van der Waals surface area contributed by atoms with Crippen LogP contribution in [0.4, 0.5) is 4.39 Å². The molecule has 0 saturated carbocycles. The fraction of sp³-hybridized carbons (Fsp3) is 0.333. The number of quaternary nitrogens is 1. The Morgan fingerprint density at radius 1 is 1.22 bits per heavy atom. The molecule has 0 aliphatic carbocycles. The molecule has 5 heteroatoms.